The van der Waals surface area contributed by atoms with Crippen LogP contribution in [0.4, 0.5) is 11.4 Å². The van der Waals surface area contributed by atoms with E-state index in [1.54, 1.807) is 43.3 Å². The summed E-state index contributed by atoms with van der Waals surface area (Å²) in [7, 11) is 0. The minimum atomic E-state index is -0.507. The summed E-state index contributed by atoms with van der Waals surface area (Å²) >= 11 is 0. The van der Waals surface area contributed by atoms with Gasteiger partial charge in [-0.3, -0.25) is 4.79 Å². The van der Waals surface area contributed by atoms with E-state index < -0.39 is 11.9 Å². The molecule has 0 spiro atoms. The Morgan fingerprint density at radius 2 is 1.69 bits per heavy atom. The van der Waals surface area contributed by atoms with E-state index in [9.17, 15) is 14.9 Å². The van der Waals surface area contributed by atoms with Gasteiger partial charge >= 0.3 is 5.97 Å². The lowest BCUT2D eigenvalue weighted by atomic mass is 10.2. The van der Waals surface area contributed by atoms with Crippen molar-refractivity contribution in [1.82, 2.24) is 0 Å². The molecule has 2 aromatic carbocycles. The Morgan fingerprint density at radius 1 is 1.08 bits per heavy atom. The third kappa shape index (κ3) is 5.21. The normalized spacial score (nSPS) is 10.6. The number of nitrogens with one attached hydrogen (secondary N) is 2. The molecule has 0 radical (unpaired) electrons. The number of nitrogens with zero attached hydrogens (tertiary/aromatic N) is 1. The van der Waals surface area contributed by atoms with Gasteiger partial charge < -0.3 is 15.4 Å². The molecule has 0 aliphatic rings. The van der Waals surface area contributed by atoms with Gasteiger partial charge in [-0.25, -0.2) is 4.79 Å². The van der Waals surface area contributed by atoms with Gasteiger partial charge in [-0.15, -0.1) is 0 Å². The lowest BCUT2D eigenvalue weighted by molar-refractivity contribution is -0.112. The lowest BCUT2D eigenvalue weighted by Gasteiger charge is -2.06. The first kappa shape index (κ1) is 18.7. The molecule has 0 fully saturated rings. The molecule has 0 saturated heterocycles. The first-order valence-corrected chi connectivity index (χ1v) is 8.05. The average molecular weight is 349 g/mol. The number of amides is 1. The van der Waals surface area contributed by atoms with E-state index in [2.05, 4.69) is 10.6 Å². The van der Waals surface area contributed by atoms with Gasteiger partial charge in [-0.2, -0.15) is 5.26 Å². The lowest BCUT2D eigenvalue weighted by Crippen LogP contribution is -2.14. The third-order valence-electron chi connectivity index (χ3n) is 3.45. The Bertz CT molecular complexity index is 847. The summed E-state index contributed by atoms with van der Waals surface area (Å²) in [5.74, 6) is -0.906. The highest BCUT2D eigenvalue weighted by molar-refractivity contribution is 6.06. The van der Waals surface area contributed by atoms with Crippen LogP contribution in [0.1, 0.15) is 22.8 Å². The molecule has 26 heavy (non-hydrogen) atoms. The predicted molar refractivity (Wildman–Crippen MR) is 99.5 cm³/mol. The van der Waals surface area contributed by atoms with Crippen LogP contribution in [0.2, 0.25) is 0 Å². The molecule has 6 heteroatoms. The van der Waals surface area contributed by atoms with Gasteiger partial charge in [-0.1, -0.05) is 17.7 Å². The molecule has 0 aliphatic heterocycles. The molecule has 1 amide bonds. The van der Waals surface area contributed by atoms with Gasteiger partial charge in [-0.05, 0) is 50.2 Å². The molecular weight excluding hydrogens is 330 g/mol. The van der Waals surface area contributed by atoms with E-state index in [1.807, 2.05) is 25.1 Å². The van der Waals surface area contributed by atoms with Crippen LogP contribution in [0.3, 0.4) is 0 Å². The highest BCUT2D eigenvalue weighted by Crippen LogP contribution is 2.13. The van der Waals surface area contributed by atoms with Gasteiger partial charge in [0, 0.05) is 17.6 Å². The fourth-order valence-electron chi connectivity index (χ4n) is 2.06. The quantitative estimate of drug-likeness (QED) is 0.472. The van der Waals surface area contributed by atoms with Crippen LogP contribution in [0.25, 0.3) is 0 Å². The molecule has 0 heterocycles. The largest absolute Gasteiger partial charge is 0.462 e. The fourth-order valence-corrected chi connectivity index (χ4v) is 2.06. The number of anilines is 2. The highest BCUT2D eigenvalue weighted by Gasteiger charge is 2.09. The Hall–Kier alpha value is -3.59. The summed E-state index contributed by atoms with van der Waals surface area (Å²) in [5.41, 5.74) is 2.68. The third-order valence-corrected chi connectivity index (χ3v) is 3.45. The number of hydrogen-bond donors (Lipinski definition) is 2. The van der Waals surface area contributed by atoms with Crippen LogP contribution in [-0.4, -0.2) is 18.5 Å². The monoisotopic (exact) mass is 349 g/mol. The van der Waals surface area contributed by atoms with Crippen molar-refractivity contribution in [1.29, 1.82) is 5.26 Å². The van der Waals surface area contributed by atoms with E-state index in [1.165, 1.54) is 6.20 Å². The van der Waals surface area contributed by atoms with Gasteiger partial charge in [0.05, 0.1) is 12.2 Å². The number of rotatable bonds is 6. The van der Waals surface area contributed by atoms with Crippen LogP contribution in [0.15, 0.2) is 60.3 Å². The maximum absolute atomic E-state index is 12.2. The maximum atomic E-state index is 12.2. The molecule has 2 rings (SSSR count). The van der Waals surface area contributed by atoms with E-state index in [-0.39, 0.29) is 5.57 Å². The van der Waals surface area contributed by atoms with Crippen molar-refractivity contribution in [2.24, 2.45) is 0 Å². The number of benzene rings is 2. The maximum Gasteiger partial charge on any atom is 0.338 e. The molecule has 0 unspecified atom stereocenters. The fraction of sp³-hybridized carbons (Fsp3) is 0.150. The van der Waals surface area contributed by atoms with Crippen LogP contribution in [-0.2, 0) is 9.53 Å². The van der Waals surface area contributed by atoms with Crippen LogP contribution in [0.5, 0.6) is 0 Å². The van der Waals surface area contributed by atoms with Crippen molar-refractivity contribution in [3.05, 3.63) is 71.4 Å². The van der Waals surface area contributed by atoms with E-state index in [0.717, 1.165) is 5.56 Å². The van der Waals surface area contributed by atoms with Crippen molar-refractivity contribution in [2.45, 2.75) is 13.8 Å². The van der Waals surface area contributed by atoms with Crippen molar-refractivity contribution in [2.75, 3.05) is 17.2 Å². The Morgan fingerprint density at radius 3 is 2.27 bits per heavy atom. The minimum absolute atomic E-state index is 0.0694. The number of hydrogen-bond acceptors (Lipinski definition) is 5. The highest BCUT2D eigenvalue weighted by atomic mass is 16.5. The van der Waals surface area contributed by atoms with Crippen molar-refractivity contribution in [3.63, 3.8) is 0 Å². The SMILES string of the molecule is CCOC(=O)c1ccc(N/C=C(/C#N)C(=O)Nc2ccc(C)cc2)cc1. The number of nitriles is 1. The molecule has 6 nitrogen and oxygen atoms in total. The number of ether oxygens (including phenoxy) is 1. The Balaban J connectivity index is 2.02. The van der Waals surface area contributed by atoms with Crippen LogP contribution < -0.4 is 10.6 Å². The number of carbonyl (C=O) groups is 2. The number of carbonyl (C=O) groups excluding carboxylic acids is 2. The first-order valence-electron chi connectivity index (χ1n) is 8.05. The van der Waals surface area contributed by atoms with Gasteiger partial charge in [0.15, 0.2) is 0 Å². The first-order chi connectivity index (χ1) is 12.5. The Kier molecular flexibility index (Phi) is 6.52. The average Bonchev–Trinajstić information content (AvgIpc) is 2.65. The topological polar surface area (TPSA) is 91.2 Å². The summed E-state index contributed by atoms with van der Waals surface area (Å²) < 4.78 is 4.91. The summed E-state index contributed by atoms with van der Waals surface area (Å²) in [5, 5.41) is 14.7. The van der Waals surface area contributed by atoms with Crippen molar-refractivity contribution in [3.8, 4) is 6.07 Å². The zero-order chi connectivity index (χ0) is 18.9. The summed E-state index contributed by atoms with van der Waals surface area (Å²) in [6, 6.07) is 15.7. The molecule has 0 saturated carbocycles. The summed E-state index contributed by atoms with van der Waals surface area (Å²) in [4.78, 5) is 23.8. The predicted octanol–water partition coefficient (Wildman–Crippen LogP) is 3.63. The number of aryl methyl sites for hydroxylation is 1. The van der Waals surface area contributed by atoms with Crippen LogP contribution >= 0.6 is 0 Å². The van der Waals surface area contributed by atoms with E-state index in [4.69, 9.17) is 4.74 Å². The van der Waals surface area contributed by atoms with Gasteiger partial charge in [0.1, 0.15) is 11.6 Å². The van der Waals surface area contributed by atoms with E-state index >= 15 is 0 Å². The van der Waals surface area contributed by atoms with Crippen molar-refractivity contribution < 1.29 is 14.3 Å². The van der Waals surface area contributed by atoms with Gasteiger partial charge in [0.25, 0.3) is 5.91 Å². The summed E-state index contributed by atoms with van der Waals surface area (Å²) in [6.07, 6.45) is 1.32. The molecule has 2 N–H and O–H groups in total. The second kappa shape index (κ2) is 9.04. The standard InChI is InChI=1S/C20H19N3O3/c1-3-26-20(25)15-6-10-17(11-7-15)22-13-16(12-21)19(24)23-18-8-4-14(2)5-9-18/h4-11,13,22H,3H2,1-2H3,(H,23,24)/b16-13-. The number of esters is 1. The molecule has 0 bridgehead atoms. The van der Waals surface area contributed by atoms with Gasteiger partial charge in [0.2, 0.25) is 0 Å². The molecule has 132 valence electrons. The minimum Gasteiger partial charge on any atom is -0.462 e. The van der Waals surface area contributed by atoms with E-state index in [0.29, 0.717) is 23.5 Å². The molecule has 0 aromatic heterocycles. The summed E-state index contributed by atoms with van der Waals surface area (Å²) in [6.45, 7) is 4.00. The smallest absolute Gasteiger partial charge is 0.338 e. The zero-order valence-corrected chi connectivity index (χ0v) is 14.6. The second-order valence-electron chi connectivity index (χ2n) is 5.43. The molecular formula is C20H19N3O3. The molecule has 2 aromatic rings. The zero-order valence-electron chi connectivity index (χ0n) is 14.6. The Labute approximate surface area is 152 Å². The van der Waals surface area contributed by atoms with Crippen LogP contribution in [0, 0.1) is 18.3 Å². The molecule has 0 aliphatic carbocycles. The van der Waals surface area contributed by atoms with Crippen molar-refractivity contribution >= 4 is 23.3 Å². The molecule has 0 atom stereocenters. The second-order valence-corrected chi connectivity index (χ2v) is 5.43.